The first-order chi connectivity index (χ1) is 11.3. The van der Waals surface area contributed by atoms with E-state index in [-0.39, 0.29) is 19.6 Å². The highest BCUT2D eigenvalue weighted by atomic mass is 19.4. The molecule has 0 amide bonds. The minimum Gasteiger partial charge on any atom is -0.432 e. The van der Waals surface area contributed by atoms with Crippen molar-refractivity contribution >= 4 is 5.97 Å². The van der Waals surface area contributed by atoms with Gasteiger partial charge in [0, 0.05) is 12.3 Å². The molecule has 8 heteroatoms. The summed E-state index contributed by atoms with van der Waals surface area (Å²) in [5.74, 6) is -3.56. The van der Waals surface area contributed by atoms with Crippen LogP contribution in [0.25, 0.3) is 0 Å². The predicted molar refractivity (Wildman–Crippen MR) is 74.3 cm³/mol. The van der Waals surface area contributed by atoms with Gasteiger partial charge >= 0.3 is 12.1 Å². The Morgan fingerprint density at radius 3 is 2.38 bits per heavy atom. The van der Waals surface area contributed by atoms with Crippen LogP contribution in [0.1, 0.15) is 24.9 Å². The van der Waals surface area contributed by atoms with Gasteiger partial charge in [0.25, 0.3) is 5.72 Å². The van der Waals surface area contributed by atoms with Gasteiger partial charge in [-0.15, -0.1) is 0 Å². The number of hydrogen-bond donors (Lipinski definition) is 0. The predicted octanol–water partition coefficient (Wildman–Crippen LogP) is 2.59. The monoisotopic (exact) mass is 343 g/mol. The van der Waals surface area contributed by atoms with Crippen LogP contribution in [0.2, 0.25) is 0 Å². The maximum absolute atomic E-state index is 14.0. The van der Waals surface area contributed by atoms with Crippen LogP contribution in [0.5, 0.6) is 0 Å². The SMILES string of the molecule is C[C@H]1CC2(OCCO2)N2[C@@H](c3ccccc3)C(=O)O[C@]12C(F)(F)F. The van der Waals surface area contributed by atoms with Crippen LogP contribution in [0.3, 0.4) is 0 Å². The highest BCUT2D eigenvalue weighted by molar-refractivity contribution is 5.81. The van der Waals surface area contributed by atoms with Crippen LogP contribution in [0.4, 0.5) is 13.2 Å². The summed E-state index contributed by atoms with van der Waals surface area (Å²) in [6, 6.07) is 7.04. The molecule has 3 saturated heterocycles. The summed E-state index contributed by atoms with van der Waals surface area (Å²) in [5.41, 5.74) is -2.32. The third-order valence-corrected chi connectivity index (χ3v) is 4.95. The second-order valence-corrected chi connectivity index (χ2v) is 6.31. The minimum atomic E-state index is -4.77. The lowest BCUT2D eigenvalue weighted by Gasteiger charge is -2.40. The van der Waals surface area contributed by atoms with E-state index in [0.29, 0.717) is 5.56 Å². The zero-order valence-electron chi connectivity index (χ0n) is 12.9. The van der Waals surface area contributed by atoms with Gasteiger partial charge in [0.05, 0.1) is 13.2 Å². The molecule has 1 aromatic carbocycles. The molecule has 0 N–H and O–H groups in total. The molecule has 0 unspecified atom stereocenters. The molecular formula is C16H16F3NO4. The molecule has 5 nitrogen and oxygen atoms in total. The molecule has 1 aromatic rings. The molecule has 3 fully saturated rings. The number of rotatable bonds is 1. The number of fused-ring (bicyclic) bond motifs is 2. The zero-order valence-corrected chi connectivity index (χ0v) is 12.9. The van der Waals surface area contributed by atoms with Crippen LogP contribution in [0, 0.1) is 5.92 Å². The summed E-state index contributed by atoms with van der Waals surface area (Å²) in [7, 11) is 0. The number of carbonyl (C=O) groups excluding carboxylic acids is 1. The first kappa shape index (κ1) is 15.9. The first-order valence-electron chi connectivity index (χ1n) is 7.74. The normalized spacial score (nSPS) is 35.4. The van der Waals surface area contributed by atoms with Crippen molar-refractivity contribution in [3.8, 4) is 0 Å². The van der Waals surface area contributed by atoms with Gasteiger partial charge in [-0.05, 0) is 5.56 Å². The number of carbonyl (C=O) groups is 1. The Kier molecular flexibility index (Phi) is 3.26. The van der Waals surface area contributed by atoms with Crippen molar-refractivity contribution in [1.29, 1.82) is 0 Å². The maximum Gasteiger partial charge on any atom is 0.443 e. The Morgan fingerprint density at radius 2 is 1.79 bits per heavy atom. The number of ether oxygens (including phenoxy) is 3. The molecule has 0 aliphatic carbocycles. The number of benzene rings is 1. The number of hydrogen-bond acceptors (Lipinski definition) is 5. The van der Waals surface area contributed by atoms with E-state index >= 15 is 0 Å². The van der Waals surface area contributed by atoms with E-state index in [0.717, 1.165) is 4.90 Å². The summed E-state index contributed by atoms with van der Waals surface area (Å²) in [6.45, 7) is 1.75. The quantitative estimate of drug-likeness (QED) is 0.734. The van der Waals surface area contributed by atoms with Crippen molar-refractivity contribution in [3.63, 3.8) is 0 Å². The second-order valence-electron chi connectivity index (χ2n) is 6.31. The van der Waals surface area contributed by atoms with Gasteiger partial charge in [-0.3, -0.25) is 0 Å². The molecule has 3 aliphatic heterocycles. The van der Waals surface area contributed by atoms with E-state index in [2.05, 4.69) is 0 Å². The number of alkyl halides is 3. The van der Waals surface area contributed by atoms with Crippen LogP contribution in [0.15, 0.2) is 30.3 Å². The van der Waals surface area contributed by atoms with Crippen LogP contribution in [-0.2, 0) is 19.0 Å². The molecule has 4 rings (SSSR count). The van der Waals surface area contributed by atoms with Crippen molar-refractivity contribution in [2.45, 2.75) is 37.2 Å². The lowest BCUT2D eigenvalue weighted by Crippen LogP contribution is -2.61. The van der Waals surface area contributed by atoms with Crippen LogP contribution < -0.4 is 0 Å². The molecule has 1 spiro atoms. The zero-order chi connectivity index (χ0) is 17.2. The third-order valence-electron chi connectivity index (χ3n) is 4.95. The molecule has 3 atom stereocenters. The molecule has 0 radical (unpaired) electrons. The van der Waals surface area contributed by atoms with Gasteiger partial charge in [-0.1, -0.05) is 37.3 Å². The minimum absolute atomic E-state index is 0.0247. The van der Waals surface area contributed by atoms with E-state index < -0.39 is 35.7 Å². The molecular weight excluding hydrogens is 327 g/mol. The van der Waals surface area contributed by atoms with E-state index in [1.54, 1.807) is 30.3 Å². The highest BCUT2D eigenvalue weighted by Gasteiger charge is 2.81. The van der Waals surface area contributed by atoms with E-state index in [1.165, 1.54) is 6.92 Å². The second kappa shape index (κ2) is 4.93. The summed E-state index contributed by atoms with van der Waals surface area (Å²) in [4.78, 5) is 13.4. The van der Waals surface area contributed by atoms with Gasteiger partial charge in [0.1, 0.15) is 6.04 Å². The van der Waals surface area contributed by atoms with Gasteiger partial charge in [-0.25, -0.2) is 4.79 Å². The molecule has 24 heavy (non-hydrogen) atoms. The summed E-state index contributed by atoms with van der Waals surface area (Å²) in [6.07, 6.45) is -4.80. The van der Waals surface area contributed by atoms with Crippen molar-refractivity contribution in [2.24, 2.45) is 5.92 Å². The molecule has 0 saturated carbocycles. The molecule has 3 heterocycles. The fourth-order valence-corrected chi connectivity index (χ4v) is 4.06. The Bertz CT molecular complexity index is 659. The Hall–Kier alpha value is -1.64. The fourth-order valence-electron chi connectivity index (χ4n) is 4.06. The lowest BCUT2D eigenvalue weighted by molar-refractivity contribution is -0.348. The maximum atomic E-state index is 14.0. The van der Waals surface area contributed by atoms with Crippen LogP contribution >= 0.6 is 0 Å². The largest absolute Gasteiger partial charge is 0.443 e. The molecule has 0 bridgehead atoms. The van der Waals surface area contributed by atoms with Gasteiger partial charge in [0.15, 0.2) is 0 Å². The summed E-state index contributed by atoms with van der Waals surface area (Å²) in [5, 5.41) is 0. The van der Waals surface area contributed by atoms with E-state index in [9.17, 15) is 18.0 Å². The van der Waals surface area contributed by atoms with Crippen molar-refractivity contribution in [1.82, 2.24) is 4.90 Å². The number of nitrogens with zero attached hydrogens (tertiary/aromatic N) is 1. The lowest BCUT2D eigenvalue weighted by atomic mass is 9.97. The fraction of sp³-hybridized carbons (Fsp3) is 0.562. The van der Waals surface area contributed by atoms with Crippen molar-refractivity contribution < 1.29 is 32.2 Å². The van der Waals surface area contributed by atoms with Crippen molar-refractivity contribution in [3.05, 3.63) is 35.9 Å². The third kappa shape index (κ3) is 1.84. The average Bonchev–Trinajstić information content (AvgIpc) is 3.16. The Morgan fingerprint density at radius 1 is 1.17 bits per heavy atom. The van der Waals surface area contributed by atoms with Gasteiger partial charge in [-0.2, -0.15) is 18.1 Å². The Labute approximate surface area is 136 Å². The smallest absolute Gasteiger partial charge is 0.432 e. The van der Waals surface area contributed by atoms with Gasteiger partial charge in [0.2, 0.25) is 5.91 Å². The average molecular weight is 343 g/mol. The van der Waals surface area contributed by atoms with E-state index in [4.69, 9.17) is 14.2 Å². The number of halogens is 3. The van der Waals surface area contributed by atoms with E-state index in [1.807, 2.05) is 0 Å². The van der Waals surface area contributed by atoms with Crippen molar-refractivity contribution in [2.75, 3.05) is 13.2 Å². The number of esters is 1. The Balaban J connectivity index is 1.90. The highest BCUT2D eigenvalue weighted by Crippen LogP contribution is 2.62. The summed E-state index contributed by atoms with van der Waals surface area (Å²) >= 11 is 0. The summed E-state index contributed by atoms with van der Waals surface area (Å²) < 4.78 is 58.2. The first-order valence-corrected chi connectivity index (χ1v) is 7.74. The molecule has 0 aromatic heterocycles. The standard InChI is InChI=1S/C16H16F3NO4/c1-10-9-14(22-7-8-23-14)20-12(11-5-3-2-4-6-11)13(21)24-15(10,20)16(17,18)19/h2-6,10,12H,7-9H2,1H3/t10-,12-,15-/m0/s1. The molecule has 3 aliphatic rings. The molecule has 130 valence electrons. The van der Waals surface area contributed by atoms with Crippen LogP contribution in [-0.4, -0.2) is 41.9 Å². The topological polar surface area (TPSA) is 48.0 Å². The van der Waals surface area contributed by atoms with Gasteiger partial charge < -0.3 is 14.2 Å².